The maximum atomic E-state index is 13.0. The maximum absolute atomic E-state index is 13.0. The fraction of sp³-hybridized carbons (Fsp3) is 0.286. The average molecular weight is 432 g/mol. The van der Waals surface area contributed by atoms with Gasteiger partial charge in [0.1, 0.15) is 11.6 Å². The third-order valence-corrected chi connectivity index (χ3v) is 7.22. The molecule has 0 amide bonds. The number of nitrogens with zero attached hydrogens (tertiary/aromatic N) is 2. The van der Waals surface area contributed by atoms with Gasteiger partial charge in [0.15, 0.2) is 0 Å². The van der Waals surface area contributed by atoms with Crippen LogP contribution in [0.4, 0.5) is 0 Å². The SMILES string of the molecule is COc1ccc(Cl)cc1-c1cnc(-c2cccc(S(=O)(=O)N3CCCCC3)c2)[nH]1. The summed E-state index contributed by atoms with van der Waals surface area (Å²) in [5.74, 6) is 1.25. The number of hydrogen-bond acceptors (Lipinski definition) is 4. The molecule has 8 heteroatoms. The quantitative estimate of drug-likeness (QED) is 0.641. The minimum atomic E-state index is -3.50. The van der Waals surface area contributed by atoms with E-state index in [2.05, 4.69) is 9.97 Å². The van der Waals surface area contributed by atoms with Crippen molar-refractivity contribution in [2.24, 2.45) is 0 Å². The smallest absolute Gasteiger partial charge is 0.243 e. The van der Waals surface area contributed by atoms with Gasteiger partial charge in [0, 0.05) is 29.2 Å². The van der Waals surface area contributed by atoms with E-state index in [-0.39, 0.29) is 4.90 Å². The van der Waals surface area contributed by atoms with Gasteiger partial charge in [-0.05, 0) is 43.2 Å². The normalized spacial score (nSPS) is 15.4. The second-order valence-corrected chi connectivity index (χ2v) is 9.36. The first kappa shape index (κ1) is 19.9. The zero-order valence-corrected chi connectivity index (χ0v) is 17.6. The van der Waals surface area contributed by atoms with Crippen molar-refractivity contribution in [3.8, 4) is 28.4 Å². The van der Waals surface area contributed by atoms with Crippen molar-refractivity contribution in [3.05, 3.63) is 53.7 Å². The highest BCUT2D eigenvalue weighted by molar-refractivity contribution is 7.89. The van der Waals surface area contributed by atoms with Crippen molar-refractivity contribution in [1.82, 2.24) is 14.3 Å². The summed E-state index contributed by atoms with van der Waals surface area (Å²) in [6.07, 6.45) is 4.58. The first-order valence-corrected chi connectivity index (χ1v) is 11.3. The number of nitrogens with one attached hydrogen (secondary N) is 1. The lowest BCUT2D eigenvalue weighted by Gasteiger charge is -2.26. The van der Waals surface area contributed by atoms with Gasteiger partial charge in [0.05, 0.1) is 23.9 Å². The Morgan fingerprint density at radius 3 is 2.66 bits per heavy atom. The molecule has 152 valence electrons. The van der Waals surface area contributed by atoms with Crippen molar-refractivity contribution in [3.63, 3.8) is 0 Å². The number of imidazole rings is 1. The number of ether oxygens (including phenoxy) is 1. The average Bonchev–Trinajstić information content (AvgIpc) is 3.25. The summed E-state index contributed by atoms with van der Waals surface area (Å²) in [5, 5.41) is 0.589. The van der Waals surface area contributed by atoms with Gasteiger partial charge < -0.3 is 9.72 Å². The number of piperidine rings is 1. The van der Waals surface area contributed by atoms with Gasteiger partial charge in [-0.3, -0.25) is 0 Å². The third kappa shape index (κ3) is 4.03. The standard InChI is InChI=1S/C21H22ClN3O3S/c1-28-20-9-8-16(22)13-18(20)19-14-23-21(24-19)15-6-5-7-17(12-15)29(26,27)25-10-3-2-4-11-25/h5-9,12-14H,2-4,10-11H2,1H3,(H,23,24). The fourth-order valence-corrected chi connectivity index (χ4v) is 5.29. The minimum Gasteiger partial charge on any atom is -0.496 e. The molecule has 4 rings (SSSR count). The summed E-state index contributed by atoms with van der Waals surface area (Å²) in [4.78, 5) is 7.98. The minimum absolute atomic E-state index is 0.287. The Morgan fingerprint density at radius 1 is 1.10 bits per heavy atom. The van der Waals surface area contributed by atoms with Gasteiger partial charge in [0.2, 0.25) is 10.0 Å². The zero-order valence-electron chi connectivity index (χ0n) is 16.1. The molecule has 1 aromatic heterocycles. The largest absolute Gasteiger partial charge is 0.496 e. The highest BCUT2D eigenvalue weighted by Crippen LogP contribution is 2.33. The molecular formula is C21H22ClN3O3S. The Morgan fingerprint density at radius 2 is 1.90 bits per heavy atom. The highest BCUT2D eigenvalue weighted by atomic mass is 35.5. The first-order chi connectivity index (χ1) is 14.0. The van der Waals surface area contributed by atoms with Crippen LogP contribution in [0.3, 0.4) is 0 Å². The van der Waals surface area contributed by atoms with Crippen LogP contribution in [0.5, 0.6) is 5.75 Å². The molecule has 0 bridgehead atoms. The van der Waals surface area contributed by atoms with Gasteiger partial charge in [0.25, 0.3) is 0 Å². The number of H-pyrrole nitrogens is 1. The van der Waals surface area contributed by atoms with E-state index in [0.717, 1.165) is 30.5 Å². The molecule has 1 saturated heterocycles. The summed E-state index contributed by atoms with van der Waals surface area (Å²) in [5.41, 5.74) is 2.23. The molecule has 6 nitrogen and oxygen atoms in total. The number of sulfonamides is 1. The van der Waals surface area contributed by atoms with Crippen LogP contribution in [-0.4, -0.2) is 42.9 Å². The molecule has 1 aliphatic heterocycles. The maximum Gasteiger partial charge on any atom is 0.243 e. The van der Waals surface area contributed by atoms with E-state index >= 15 is 0 Å². The summed E-state index contributed by atoms with van der Waals surface area (Å²) in [7, 11) is -1.90. The molecule has 0 aliphatic carbocycles. The topological polar surface area (TPSA) is 75.3 Å². The van der Waals surface area contributed by atoms with Crippen LogP contribution in [0.2, 0.25) is 5.02 Å². The summed E-state index contributed by atoms with van der Waals surface area (Å²) in [6, 6.07) is 12.2. The number of methoxy groups -OCH3 is 1. The Bertz CT molecular complexity index is 1120. The Balaban J connectivity index is 1.67. The van der Waals surface area contributed by atoms with Gasteiger partial charge >= 0.3 is 0 Å². The van der Waals surface area contributed by atoms with E-state index in [1.165, 1.54) is 0 Å². The van der Waals surface area contributed by atoms with Gasteiger partial charge in [-0.2, -0.15) is 4.31 Å². The van der Waals surface area contributed by atoms with Gasteiger partial charge in [-0.15, -0.1) is 0 Å². The third-order valence-electron chi connectivity index (χ3n) is 5.09. The van der Waals surface area contributed by atoms with Crippen LogP contribution in [0.1, 0.15) is 19.3 Å². The van der Waals surface area contributed by atoms with Crippen LogP contribution in [0.25, 0.3) is 22.6 Å². The number of aromatic nitrogens is 2. The van der Waals surface area contributed by atoms with Crippen molar-refractivity contribution >= 4 is 21.6 Å². The molecule has 3 aromatic rings. The molecule has 0 unspecified atom stereocenters. The molecule has 2 aromatic carbocycles. The van der Waals surface area contributed by atoms with E-state index in [1.807, 2.05) is 6.07 Å². The molecule has 0 atom stereocenters. The molecule has 0 saturated carbocycles. The van der Waals surface area contributed by atoms with Crippen molar-refractivity contribution in [1.29, 1.82) is 0 Å². The Kier molecular flexibility index (Phi) is 5.63. The molecule has 1 fully saturated rings. The lowest BCUT2D eigenvalue weighted by molar-refractivity contribution is 0.346. The van der Waals surface area contributed by atoms with Gasteiger partial charge in [-0.1, -0.05) is 30.2 Å². The van der Waals surface area contributed by atoms with E-state index < -0.39 is 10.0 Å². The van der Waals surface area contributed by atoms with Crippen LogP contribution >= 0.6 is 11.6 Å². The second-order valence-electron chi connectivity index (χ2n) is 6.98. The molecule has 2 heterocycles. The Hall–Kier alpha value is -2.35. The Labute approximate surface area is 175 Å². The molecule has 1 aliphatic rings. The predicted octanol–water partition coefficient (Wildman–Crippen LogP) is 4.58. The van der Waals surface area contributed by atoms with Crippen LogP contribution in [0, 0.1) is 0 Å². The number of rotatable bonds is 5. The lowest BCUT2D eigenvalue weighted by atomic mass is 10.1. The monoisotopic (exact) mass is 431 g/mol. The predicted molar refractivity (Wildman–Crippen MR) is 114 cm³/mol. The first-order valence-electron chi connectivity index (χ1n) is 9.48. The van der Waals surface area contributed by atoms with E-state index in [4.69, 9.17) is 16.3 Å². The summed E-state index contributed by atoms with van der Waals surface area (Å²) in [6.45, 7) is 1.15. The molecule has 0 spiro atoms. The number of aromatic amines is 1. The highest BCUT2D eigenvalue weighted by Gasteiger charge is 2.26. The molecule has 29 heavy (non-hydrogen) atoms. The zero-order chi connectivity index (χ0) is 20.4. The molecule has 0 radical (unpaired) electrons. The van der Waals surface area contributed by atoms with Gasteiger partial charge in [-0.25, -0.2) is 13.4 Å². The summed E-state index contributed by atoms with van der Waals surface area (Å²) >= 11 is 6.13. The number of hydrogen-bond donors (Lipinski definition) is 1. The number of benzene rings is 2. The second kappa shape index (κ2) is 8.18. The number of halogens is 1. The summed E-state index contributed by atoms with van der Waals surface area (Å²) < 4.78 is 32.9. The van der Waals surface area contributed by atoms with Crippen LogP contribution in [0.15, 0.2) is 53.6 Å². The van der Waals surface area contributed by atoms with Crippen LogP contribution < -0.4 is 4.74 Å². The molecule has 1 N–H and O–H groups in total. The molecular weight excluding hydrogens is 410 g/mol. The van der Waals surface area contributed by atoms with E-state index in [0.29, 0.717) is 35.2 Å². The van der Waals surface area contributed by atoms with Crippen molar-refractivity contribution in [2.75, 3.05) is 20.2 Å². The van der Waals surface area contributed by atoms with Crippen LogP contribution in [-0.2, 0) is 10.0 Å². The lowest BCUT2D eigenvalue weighted by Crippen LogP contribution is -2.35. The van der Waals surface area contributed by atoms with E-state index in [9.17, 15) is 8.42 Å². The van der Waals surface area contributed by atoms with Crippen molar-refractivity contribution < 1.29 is 13.2 Å². The van der Waals surface area contributed by atoms with Crippen molar-refractivity contribution in [2.45, 2.75) is 24.2 Å². The van der Waals surface area contributed by atoms with E-state index in [1.54, 1.807) is 54.0 Å². The fourth-order valence-electron chi connectivity index (χ4n) is 3.55.